The van der Waals surface area contributed by atoms with Crippen molar-refractivity contribution in [2.24, 2.45) is 0 Å². The van der Waals surface area contributed by atoms with Gasteiger partial charge in [-0.15, -0.1) is 11.3 Å². The summed E-state index contributed by atoms with van der Waals surface area (Å²) in [6.07, 6.45) is 2.21. The van der Waals surface area contributed by atoms with Crippen molar-refractivity contribution in [1.29, 1.82) is 0 Å². The van der Waals surface area contributed by atoms with Gasteiger partial charge >= 0.3 is 0 Å². The van der Waals surface area contributed by atoms with E-state index >= 15 is 0 Å². The van der Waals surface area contributed by atoms with Gasteiger partial charge in [0.2, 0.25) is 5.91 Å². The highest BCUT2D eigenvalue weighted by Crippen LogP contribution is 2.18. The second-order valence-electron chi connectivity index (χ2n) is 6.10. The molecule has 0 spiro atoms. The molecule has 0 saturated heterocycles. The zero-order valence-corrected chi connectivity index (χ0v) is 16.5. The van der Waals surface area contributed by atoms with Gasteiger partial charge in [-0.2, -0.15) is 0 Å². The number of aromatic nitrogens is 2. The molecule has 2 amide bonds. The number of nitrogens with one attached hydrogen (secondary N) is 3. The smallest absolute Gasteiger partial charge is 0.263 e. The number of nitrogens with zero attached hydrogens (tertiary/aromatic N) is 1. The molecule has 9 heteroatoms. The molecule has 1 aromatic carbocycles. The van der Waals surface area contributed by atoms with Gasteiger partial charge in [-0.1, -0.05) is 18.2 Å². The Morgan fingerprint density at radius 2 is 2.03 bits per heavy atom. The number of rotatable bonds is 8. The van der Waals surface area contributed by atoms with Gasteiger partial charge in [0.05, 0.1) is 19.2 Å². The monoisotopic (exact) mass is 412 g/mol. The second-order valence-corrected chi connectivity index (χ2v) is 6.96. The molecule has 29 heavy (non-hydrogen) atoms. The predicted molar refractivity (Wildman–Crippen MR) is 111 cm³/mol. The third kappa shape index (κ3) is 5.52. The number of methoxy groups -OCH3 is 1. The third-order valence-corrected chi connectivity index (χ3v) is 4.89. The Hall–Kier alpha value is -3.46. The van der Waals surface area contributed by atoms with E-state index in [0.29, 0.717) is 23.8 Å². The number of ether oxygens (including phenoxy) is 1. The van der Waals surface area contributed by atoms with Crippen LogP contribution in [0.1, 0.15) is 21.6 Å². The normalized spacial score (nSPS) is 10.4. The highest BCUT2D eigenvalue weighted by molar-refractivity contribution is 7.14. The maximum atomic E-state index is 12.1. The van der Waals surface area contributed by atoms with Gasteiger partial charge in [-0.3, -0.25) is 19.7 Å². The molecule has 0 fully saturated rings. The summed E-state index contributed by atoms with van der Waals surface area (Å²) in [7, 11) is 1.62. The van der Waals surface area contributed by atoms with Crippen molar-refractivity contribution in [1.82, 2.24) is 15.3 Å². The molecule has 2 heterocycles. The van der Waals surface area contributed by atoms with Gasteiger partial charge in [0.15, 0.2) is 5.13 Å². The molecule has 3 N–H and O–H groups in total. The number of thiazole rings is 1. The number of benzene rings is 1. The van der Waals surface area contributed by atoms with Gasteiger partial charge in [0.25, 0.3) is 11.5 Å². The largest absolute Gasteiger partial charge is 0.496 e. The first-order valence-electron chi connectivity index (χ1n) is 8.89. The molecule has 150 valence electrons. The lowest BCUT2D eigenvalue weighted by molar-refractivity contribution is -0.120. The van der Waals surface area contributed by atoms with Crippen LogP contribution in [0.5, 0.6) is 5.75 Å². The first-order chi connectivity index (χ1) is 14.1. The highest BCUT2D eigenvalue weighted by atomic mass is 32.1. The Morgan fingerprint density at radius 3 is 2.83 bits per heavy atom. The first kappa shape index (κ1) is 20.3. The summed E-state index contributed by atoms with van der Waals surface area (Å²) in [5.41, 5.74) is 1.08. The van der Waals surface area contributed by atoms with Gasteiger partial charge in [0, 0.05) is 18.1 Å². The van der Waals surface area contributed by atoms with Gasteiger partial charge in [-0.25, -0.2) is 4.98 Å². The van der Waals surface area contributed by atoms with Crippen LogP contribution in [-0.4, -0.2) is 35.4 Å². The highest BCUT2D eigenvalue weighted by Gasteiger charge is 2.13. The zero-order chi connectivity index (χ0) is 20.6. The van der Waals surface area contributed by atoms with E-state index in [-0.39, 0.29) is 17.9 Å². The molecule has 3 aromatic rings. The van der Waals surface area contributed by atoms with E-state index in [1.165, 1.54) is 23.6 Å². The molecular weight excluding hydrogens is 392 g/mol. The fourth-order valence-electron chi connectivity index (χ4n) is 2.68. The van der Waals surface area contributed by atoms with E-state index in [4.69, 9.17) is 4.74 Å². The first-order valence-corrected chi connectivity index (χ1v) is 9.77. The molecule has 0 saturated carbocycles. The number of H-pyrrole nitrogens is 1. The SMILES string of the molecule is COc1ccccc1CCNC(=O)Cc1csc(NC(=O)c2ccc[nH]c2=O)n1. The molecule has 0 aliphatic carbocycles. The minimum absolute atomic E-state index is 0.00154. The molecule has 2 aromatic heterocycles. The van der Waals surface area contributed by atoms with Crippen LogP contribution in [0.3, 0.4) is 0 Å². The molecule has 8 nitrogen and oxygen atoms in total. The Bertz CT molecular complexity index is 1060. The number of carbonyl (C=O) groups is 2. The van der Waals surface area contributed by atoms with E-state index in [9.17, 15) is 14.4 Å². The van der Waals surface area contributed by atoms with E-state index in [2.05, 4.69) is 20.6 Å². The van der Waals surface area contributed by atoms with Crippen molar-refractivity contribution >= 4 is 28.3 Å². The molecule has 0 bridgehead atoms. The van der Waals surface area contributed by atoms with Crippen LogP contribution in [0.25, 0.3) is 0 Å². The average molecular weight is 412 g/mol. The summed E-state index contributed by atoms with van der Waals surface area (Å²) in [6, 6.07) is 10.7. The van der Waals surface area contributed by atoms with Crippen molar-refractivity contribution in [2.75, 3.05) is 19.0 Å². The topological polar surface area (TPSA) is 113 Å². The lowest BCUT2D eigenvalue weighted by Crippen LogP contribution is -2.27. The van der Waals surface area contributed by atoms with Crippen molar-refractivity contribution in [3.63, 3.8) is 0 Å². The second kappa shape index (κ2) is 9.65. The number of carbonyl (C=O) groups excluding carboxylic acids is 2. The van der Waals surface area contributed by atoms with E-state index in [1.54, 1.807) is 18.6 Å². The minimum atomic E-state index is -0.547. The Kier molecular flexibility index (Phi) is 6.75. The molecule has 0 radical (unpaired) electrons. The predicted octanol–water partition coefficient (Wildman–Crippen LogP) is 1.99. The zero-order valence-electron chi connectivity index (χ0n) is 15.7. The number of anilines is 1. The summed E-state index contributed by atoms with van der Waals surface area (Å²) in [5.74, 6) is 0.0791. The van der Waals surface area contributed by atoms with Crippen molar-refractivity contribution < 1.29 is 14.3 Å². The lowest BCUT2D eigenvalue weighted by atomic mass is 10.1. The Balaban J connectivity index is 1.49. The number of para-hydroxylation sites is 1. The standard InChI is InChI=1S/C20H20N4O4S/c1-28-16-7-3-2-5-13(16)8-10-21-17(25)11-14-12-29-20(23-14)24-19(27)15-6-4-9-22-18(15)26/h2-7,9,12H,8,10-11H2,1H3,(H,21,25)(H,22,26)(H,23,24,27). The van der Waals surface area contributed by atoms with Gasteiger partial charge < -0.3 is 15.0 Å². The van der Waals surface area contributed by atoms with Crippen LogP contribution in [-0.2, 0) is 17.6 Å². The van der Waals surface area contributed by atoms with Gasteiger partial charge in [-0.05, 0) is 30.2 Å². The lowest BCUT2D eigenvalue weighted by Gasteiger charge is -2.08. The third-order valence-electron chi connectivity index (χ3n) is 4.09. The Labute approximate surface area is 171 Å². The minimum Gasteiger partial charge on any atom is -0.496 e. The maximum absolute atomic E-state index is 12.1. The summed E-state index contributed by atoms with van der Waals surface area (Å²) >= 11 is 1.19. The maximum Gasteiger partial charge on any atom is 0.263 e. The summed E-state index contributed by atoms with van der Waals surface area (Å²) in [5, 5.41) is 7.45. The fraction of sp³-hybridized carbons (Fsp3) is 0.200. The number of hydrogen-bond acceptors (Lipinski definition) is 6. The van der Waals surface area contributed by atoms with E-state index < -0.39 is 11.5 Å². The number of aromatic amines is 1. The number of pyridine rings is 1. The van der Waals surface area contributed by atoms with Crippen molar-refractivity contribution in [3.8, 4) is 5.75 Å². The van der Waals surface area contributed by atoms with Crippen LogP contribution < -0.4 is 20.9 Å². The summed E-state index contributed by atoms with van der Waals surface area (Å²) in [6.45, 7) is 0.476. The van der Waals surface area contributed by atoms with Crippen LogP contribution in [0.15, 0.2) is 52.8 Å². The summed E-state index contributed by atoms with van der Waals surface area (Å²) < 4.78 is 5.29. The van der Waals surface area contributed by atoms with Crippen molar-refractivity contribution in [3.05, 3.63) is 75.1 Å². The quantitative estimate of drug-likeness (QED) is 0.524. The number of hydrogen-bond donors (Lipinski definition) is 3. The average Bonchev–Trinajstić information content (AvgIpc) is 3.15. The van der Waals surface area contributed by atoms with Crippen LogP contribution in [0.2, 0.25) is 0 Å². The van der Waals surface area contributed by atoms with E-state index in [1.807, 2.05) is 24.3 Å². The molecule has 0 aliphatic heterocycles. The number of amides is 2. The van der Waals surface area contributed by atoms with Crippen LogP contribution in [0, 0.1) is 0 Å². The molecule has 0 unspecified atom stereocenters. The fourth-order valence-corrected chi connectivity index (χ4v) is 3.39. The van der Waals surface area contributed by atoms with Crippen LogP contribution in [0.4, 0.5) is 5.13 Å². The molecule has 0 atom stereocenters. The summed E-state index contributed by atoms with van der Waals surface area (Å²) in [4.78, 5) is 42.6. The van der Waals surface area contributed by atoms with E-state index in [0.717, 1.165) is 11.3 Å². The molecule has 3 rings (SSSR count). The van der Waals surface area contributed by atoms with Crippen LogP contribution >= 0.6 is 11.3 Å². The molecular formula is C20H20N4O4S. The Morgan fingerprint density at radius 1 is 1.21 bits per heavy atom. The van der Waals surface area contributed by atoms with Gasteiger partial charge in [0.1, 0.15) is 11.3 Å². The van der Waals surface area contributed by atoms with Crippen molar-refractivity contribution in [2.45, 2.75) is 12.8 Å². The molecule has 0 aliphatic rings.